The Labute approximate surface area is 103 Å². The molecule has 0 aliphatic carbocycles. The van der Waals surface area contributed by atoms with Crippen molar-refractivity contribution in [3.63, 3.8) is 0 Å². The van der Waals surface area contributed by atoms with E-state index in [1.807, 2.05) is 13.8 Å². The first-order valence-electron chi connectivity index (χ1n) is 5.57. The summed E-state index contributed by atoms with van der Waals surface area (Å²) in [4.78, 5) is 19.2. The number of hydrogen-bond donors (Lipinski definition) is 1. The fraction of sp³-hybridized carbons (Fsp3) is 0.455. The number of carboxylic acids is 1. The number of hydrogen-bond acceptors (Lipinski definition) is 5. The summed E-state index contributed by atoms with van der Waals surface area (Å²) in [6.07, 6.45) is 1.32. The van der Waals surface area contributed by atoms with Crippen molar-refractivity contribution < 1.29 is 14.4 Å². The molecule has 0 radical (unpaired) electrons. The molecule has 0 amide bonds. The molecule has 2 aromatic heterocycles. The van der Waals surface area contributed by atoms with Gasteiger partial charge in [0.15, 0.2) is 5.82 Å². The van der Waals surface area contributed by atoms with Gasteiger partial charge in [-0.25, -0.2) is 9.78 Å². The molecule has 7 nitrogen and oxygen atoms in total. The summed E-state index contributed by atoms with van der Waals surface area (Å²) in [6.45, 7) is 5.86. The van der Waals surface area contributed by atoms with Crippen LogP contribution in [0.4, 0.5) is 0 Å². The zero-order chi connectivity index (χ0) is 13.3. The fourth-order valence-corrected chi connectivity index (χ4v) is 1.54. The van der Waals surface area contributed by atoms with Crippen LogP contribution in [0.1, 0.15) is 47.8 Å². The van der Waals surface area contributed by atoms with Crippen LogP contribution >= 0.6 is 0 Å². The molecule has 0 aromatic carbocycles. The van der Waals surface area contributed by atoms with E-state index in [0.29, 0.717) is 17.5 Å². The first kappa shape index (κ1) is 12.3. The van der Waals surface area contributed by atoms with Crippen molar-refractivity contribution >= 4 is 5.97 Å². The Morgan fingerprint density at radius 2 is 2.28 bits per heavy atom. The molecule has 0 aliphatic rings. The van der Waals surface area contributed by atoms with Crippen LogP contribution in [-0.2, 0) is 6.54 Å². The maximum absolute atomic E-state index is 11.0. The van der Waals surface area contributed by atoms with Gasteiger partial charge in [-0.2, -0.15) is 4.98 Å². The molecule has 96 valence electrons. The van der Waals surface area contributed by atoms with Gasteiger partial charge in [-0.1, -0.05) is 19.0 Å². The van der Waals surface area contributed by atoms with Gasteiger partial charge < -0.3 is 14.2 Å². The summed E-state index contributed by atoms with van der Waals surface area (Å²) < 4.78 is 6.61. The lowest BCUT2D eigenvalue weighted by molar-refractivity contribution is 0.0685. The van der Waals surface area contributed by atoms with Crippen LogP contribution < -0.4 is 0 Å². The SMILES string of the molecule is Cc1ncc(C(=O)O)n1Cc1nc(C(C)C)no1. The molecule has 2 heterocycles. The third-order valence-corrected chi connectivity index (χ3v) is 2.57. The Morgan fingerprint density at radius 1 is 1.56 bits per heavy atom. The largest absolute Gasteiger partial charge is 0.477 e. The van der Waals surface area contributed by atoms with E-state index in [0.717, 1.165) is 0 Å². The molecule has 1 N–H and O–H groups in total. The molecule has 0 atom stereocenters. The molecule has 2 rings (SSSR count). The molecule has 18 heavy (non-hydrogen) atoms. The van der Waals surface area contributed by atoms with E-state index in [-0.39, 0.29) is 18.2 Å². The normalized spacial score (nSPS) is 11.1. The number of aromatic nitrogens is 4. The van der Waals surface area contributed by atoms with E-state index in [2.05, 4.69) is 15.1 Å². The van der Waals surface area contributed by atoms with Crippen LogP contribution in [0.25, 0.3) is 0 Å². The Morgan fingerprint density at radius 3 is 2.83 bits per heavy atom. The van der Waals surface area contributed by atoms with Gasteiger partial charge in [-0.05, 0) is 6.92 Å². The van der Waals surface area contributed by atoms with Gasteiger partial charge in [0.05, 0.1) is 6.20 Å². The molecular weight excluding hydrogens is 236 g/mol. The van der Waals surface area contributed by atoms with Crippen molar-refractivity contribution in [1.82, 2.24) is 19.7 Å². The van der Waals surface area contributed by atoms with Crippen molar-refractivity contribution in [3.05, 3.63) is 29.4 Å². The number of aromatic carboxylic acids is 1. The average Bonchev–Trinajstić information content (AvgIpc) is 2.88. The van der Waals surface area contributed by atoms with Crippen molar-refractivity contribution in [2.24, 2.45) is 0 Å². The van der Waals surface area contributed by atoms with E-state index in [1.165, 1.54) is 10.8 Å². The number of carboxylic acid groups (broad SMARTS) is 1. The van der Waals surface area contributed by atoms with Gasteiger partial charge >= 0.3 is 5.97 Å². The summed E-state index contributed by atoms with van der Waals surface area (Å²) in [5.74, 6) is 0.725. The number of nitrogens with zero attached hydrogens (tertiary/aromatic N) is 4. The second kappa shape index (κ2) is 4.59. The van der Waals surface area contributed by atoms with Crippen LogP contribution in [0.3, 0.4) is 0 Å². The van der Waals surface area contributed by atoms with Crippen molar-refractivity contribution in [2.75, 3.05) is 0 Å². The number of imidazole rings is 1. The zero-order valence-corrected chi connectivity index (χ0v) is 10.4. The molecule has 0 saturated heterocycles. The number of carbonyl (C=O) groups is 1. The smallest absolute Gasteiger partial charge is 0.354 e. The molecule has 0 unspecified atom stereocenters. The highest BCUT2D eigenvalue weighted by atomic mass is 16.5. The highest BCUT2D eigenvalue weighted by Crippen LogP contribution is 2.12. The average molecular weight is 250 g/mol. The lowest BCUT2D eigenvalue weighted by Gasteiger charge is -2.03. The molecule has 2 aromatic rings. The third kappa shape index (κ3) is 2.24. The second-order valence-corrected chi connectivity index (χ2v) is 4.28. The van der Waals surface area contributed by atoms with E-state index in [4.69, 9.17) is 9.63 Å². The summed E-state index contributed by atoms with van der Waals surface area (Å²) in [6, 6.07) is 0. The first-order valence-corrected chi connectivity index (χ1v) is 5.57. The van der Waals surface area contributed by atoms with Crippen molar-refractivity contribution in [3.8, 4) is 0 Å². The van der Waals surface area contributed by atoms with Crippen molar-refractivity contribution in [1.29, 1.82) is 0 Å². The second-order valence-electron chi connectivity index (χ2n) is 4.28. The highest BCUT2D eigenvalue weighted by Gasteiger charge is 2.16. The summed E-state index contributed by atoms with van der Waals surface area (Å²) in [7, 11) is 0. The molecule has 0 bridgehead atoms. The molecule has 7 heteroatoms. The quantitative estimate of drug-likeness (QED) is 0.882. The predicted octanol–water partition coefficient (Wildman–Crippen LogP) is 1.44. The van der Waals surface area contributed by atoms with Gasteiger partial charge in [-0.3, -0.25) is 0 Å². The number of rotatable bonds is 4. The fourth-order valence-electron chi connectivity index (χ4n) is 1.54. The van der Waals surface area contributed by atoms with Crippen LogP contribution in [-0.4, -0.2) is 30.8 Å². The minimum absolute atomic E-state index is 0.108. The Bertz CT molecular complexity index is 571. The maximum atomic E-state index is 11.0. The van der Waals surface area contributed by atoms with Gasteiger partial charge in [0.2, 0.25) is 5.89 Å². The van der Waals surface area contributed by atoms with Gasteiger partial charge in [0.25, 0.3) is 0 Å². The maximum Gasteiger partial charge on any atom is 0.354 e. The van der Waals surface area contributed by atoms with Crippen LogP contribution in [0.2, 0.25) is 0 Å². The Hall–Kier alpha value is -2.18. The lowest BCUT2D eigenvalue weighted by Crippen LogP contribution is -2.11. The standard InChI is InChI=1S/C11H14N4O3/c1-6(2)10-13-9(18-14-10)5-15-7(3)12-4-8(15)11(16)17/h4,6H,5H2,1-3H3,(H,16,17). The topological polar surface area (TPSA) is 94.0 Å². The van der Waals surface area contributed by atoms with Crippen LogP contribution in [0, 0.1) is 6.92 Å². The van der Waals surface area contributed by atoms with Gasteiger partial charge in [-0.15, -0.1) is 0 Å². The van der Waals surface area contributed by atoms with Gasteiger partial charge in [0, 0.05) is 5.92 Å². The molecular formula is C11H14N4O3. The van der Waals surface area contributed by atoms with E-state index in [1.54, 1.807) is 6.92 Å². The molecule has 0 saturated carbocycles. The molecule has 0 spiro atoms. The third-order valence-electron chi connectivity index (χ3n) is 2.57. The zero-order valence-electron chi connectivity index (χ0n) is 10.4. The minimum Gasteiger partial charge on any atom is -0.477 e. The number of aryl methyl sites for hydroxylation is 1. The van der Waals surface area contributed by atoms with Gasteiger partial charge in [0.1, 0.15) is 18.1 Å². The summed E-state index contributed by atoms with van der Waals surface area (Å²) in [5, 5.41) is 12.9. The van der Waals surface area contributed by atoms with E-state index in [9.17, 15) is 4.79 Å². The molecule has 0 fully saturated rings. The Kier molecular flexibility index (Phi) is 3.14. The van der Waals surface area contributed by atoms with E-state index >= 15 is 0 Å². The monoisotopic (exact) mass is 250 g/mol. The first-order chi connectivity index (χ1) is 8.49. The molecule has 0 aliphatic heterocycles. The van der Waals surface area contributed by atoms with Crippen molar-refractivity contribution in [2.45, 2.75) is 33.2 Å². The van der Waals surface area contributed by atoms with Crippen LogP contribution in [0.5, 0.6) is 0 Å². The Balaban J connectivity index is 2.28. The minimum atomic E-state index is -1.03. The summed E-state index contributed by atoms with van der Waals surface area (Å²) in [5.41, 5.74) is 0.108. The van der Waals surface area contributed by atoms with Crippen LogP contribution in [0.15, 0.2) is 10.7 Å². The lowest BCUT2D eigenvalue weighted by atomic mass is 10.2. The highest BCUT2D eigenvalue weighted by molar-refractivity contribution is 5.85. The predicted molar refractivity (Wildman–Crippen MR) is 61.4 cm³/mol. The van der Waals surface area contributed by atoms with E-state index < -0.39 is 5.97 Å². The summed E-state index contributed by atoms with van der Waals surface area (Å²) >= 11 is 0.